The summed E-state index contributed by atoms with van der Waals surface area (Å²) in [6.45, 7) is 3.06. The normalized spacial score (nSPS) is 10.2. The first kappa shape index (κ1) is 12.1. The van der Waals surface area contributed by atoms with Gasteiger partial charge in [0.1, 0.15) is 0 Å². The Kier molecular flexibility index (Phi) is 3.79. The molecule has 0 unspecified atom stereocenters. The summed E-state index contributed by atoms with van der Waals surface area (Å²) in [4.78, 5) is 11.2. The van der Waals surface area contributed by atoms with Gasteiger partial charge >= 0.3 is 0 Å². The third kappa shape index (κ3) is 2.34. The molecule has 15 heavy (non-hydrogen) atoms. The Morgan fingerprint density at radius 1 is 1.47 bits per heavy atom. The lowest BCUT2D eigenvalue weighted by Crippen LogP contribution is -2.05. The van der Waals surface area contributed by atoms with Crippen LogP contribution >= 0.6 is 15.9 Å². The molecule has 0 aliphatic heterocycles. The fraction of sp³-hybridized carbons (Fsp3) is 0.300. The monoisotopic (exact) mass is 278 g/mol. The molecule has 0 radical (unpaired) electrons. The Morgan fingerprint density at radius 2 is 2.07 bits per heavy atom. The van der Waals surface area contributed by atoms with Crippen molar-refractivity contribution < 1.29 is 18.3 Å². The minimum absolute atomic E-state index is 0.0302. The Morgan fingerprint density at radius 3 is 2.53 bits per heavy atom. The molecule has 0 aliphatic carbocycles. The van der Waals surface area contributed by atoms with Crippen LogP contribution in [0.15, 0.2) is 10.5 Å². The van der Waals surface area contributed by atoms with Crippen molar-refractivity contribution in [1.82, 2.24) is 0 Å². The average Bonchev–Trinajstić information content (AvgIpc) is 2.18. The highest BCUT2D eigenvalue weighted by molar-refractivity contribution is 9.10. The number of hydrogen-bond donors (Lipinski definition) is 0. The first-order chi connectivity index (χ1) is 6.99. The molecule has 0 heterocycles. The second-order valence-corrected chi connectivity index (χ2v) is 3.71. The third-order valence-corrected chi connectivity index (χ3v) is 2.36. The predicted molar refractivity (Wildman–Crippen MR) is 55.2 cm³/mol. The number of ketones is 1. The van der Waals surface area contributed by atoms with E-state index in [4.69, 9.17) is 4.74 Å². The minimum atomic E-state index is -1.14. The quantitative estimate of drug-likeness (QED) is 0.626. The van der Waals surface area contributed by atoms with Crippen molar-refractivity contribution in [2.24, 2.45) is 0 Å². The number of benzene rings is 1. The molecule has 0 saturated carbocycles. The maximum absolute atomic E-state index is 13.4. The van der Waals surface area contributed by atoms with Crippen LogP contribution in [-0.4, -0.2) is 12.4 Å². The Labute approximate surface area is 94.4 Å². The van der Waals surface area contributed by atoms with Crippen molar-refractivity contribution in [3.8, 4) is 5.75 Å². The van der Waals surface area contributed by atoms with Crippen LogP contribution in [0.25, 0.3) is 0 Å². The van der Waals surface area contributed by atoms with E-state index in [1.165, 1.54) is 13.0 Å². The maximum atomic E-state index is 13.4. The molecule has 5 heteroatoms. The standard InChI is InChI=1S/C10H9BrF2O2/c1-3-15-10-6(5(2)14)4-7(11)8(12)9(10)13/h4H,3H2,1-2H3. The van der Waals surface area contributed by atoms with Crippen LogP contribution in [0.1, 0.15) is 24.2 Å². The number of carbonyl (C=O) groups is 1. The van der Waals surface area contributed by atoms with Crippen LogP contribution in [0.4, 0.5) is 8.78 Å². The summed E-state index contributed by atoms with van der Waals surface area (Å²) < 4.78 is 31.4. The van der Waals surface area contributed by atoms with Gasteiger partial charge in [0.2, 0.25) is 5.82 Å². The summed E-state index contributed by atoms with van der Waals surface area (Å²) >= 11 is 2.83. The van der Waals surface area contributed by atoms with Crippen LogP contribution in [0.3, 0.4) is 0 Å². The number of ether oxygens (including phenoxy) is 1. The lowest BCUT2D eigenvalue weighted by Gasteiger charge is -2.10. The van der Waals surface area contributed by atoms with Crippen LogP contribution < -0.4 is 4.74 Å². The highest BCUT2D eigenvalue weighted by Gasteiger charge is 2.20. The van der Waals surface area contributed by atoms with Crippen LogP contribution in [0.2, 0.25) is 0 Å². The van der Waals surface area contributed by atoms with Gasteiger partial charge in [-0.05, 0) is 35.8 Å². The van der Waals surface area contributed by atoms with E-state index in [0.29, 0.717) is 0 Å². The van der Waals surface area contributed by atoms with Gasteiger partial charge in [0, 0.05) is 0 Å². The molecule has 82 valence electrons. The maximum Gasteiger partial charge on any atom is 0.202 e. The lowest BCUT2D eigenvalue weighted by atomic mass is 10.1. The first-order valence-corrected chi connectivity index (χ1v) is 5.09. The van der Waals surface area contributed by atoms with Crippen LogP contribution in [-0.2, 0) is 0 Å². The van der Waals surface area contributed by atoms with Crippen molar-refractivity contribution in [2.75, 3.05) is 6.61 Å². The summed E-state index contributed by atoms with van der Waals surface area (Å²) in [6.07, 6.45) is 0. The van der Waals surface area contributed by atoms with E-state index < -0.39 is 11.6 Å². The number of rotatable bonds is 3. The van der Waals surface area contributed by atoms with Crippen LogP contribution in [0.5, 0.6) is 5.75 Å². The zero-order valence-corrected chi connectivity index (χ0v) is 9.82. The fourth-order valence-electron chi connectivity index (χ4n) is 1.13. The number of halogens is 3. The number of carbonyl (C=O) groups excluding carboxylic acids is 1. The van der Waals surface area contributed by atoms with Gasteiger partial charge in [-0.15, -0.1) is 0 Å². The second kappa shape index (κ2) is 4.70. The van der Waals surface area contributed by atoms with Crippen LogP contribution in [0, 0.1) is 11.6 Å². The molecule has 0 amide bonds. The summed E-state index contributed by atoms with van der Waals surface area (Å²) in [5.41, 5.74) is 0.0302. The summed E-state index contributed by atoms with van der Waals surface area (Å²) in [5.74, 6) is -2.90. The Hall–Kier alpha value is -0.970. The van der Waals surface area contributed by atoms with E-state index in [9.17, 15) is 13.6 Å². The lowest BCUT2D eigenvalue weighted by molar-refractivity contribution is 0.101. The Bertz CT molecular complexity index is 405. The molecule has 1 aromatic carbocycles. The molecule has 0 aliphatic rings. The molecule has 1 rings (SSSR count). The largest absolute Gasteiger partial charge is 0.490 e. The van der Waals surface area contributed by atoms with Gasteiger partial charge in [0.05, 0.1) is 16.6 Å². The molecular weight excluding hydrogens is 270 g/mol. The summed E-state index contributed by atoms with van der Waals surface area (Å²) in [5, 5.41) is 0. The smallest absolute Gasteiger partial charge is 0.202 e. The summed E-state index contributed by atoms with van der Waals surface area (Å²) in [6, 6.07) is 1.21. The molecule has 0 aromatic heterocycles. The van der Waals surface area contributed by atoms with Gasteiger partial charge in [0.25, 0.3) is 0 Å². The van der Waals surface area contributed by atoms with Gasteiger partial charge in [-0.2, -0.15) is 4.39 Å². The predicted octanol–water partition coefficient (Wildman–Crippen LogP) is 3.33. The summed E-state index contributed by atoms with van der Waals surface area (Å²) in [7, 11) is 0. The minimum Gasteiger partial charge on any atom is -0.490 e. The van der Waals surface area contributed by atoms with Crippen molar-refractivity contribution in [3.63, 3.8) is 0 Å². The second-order valence-electron chi connectivity index (χ2n) is 2.85. The first-order valence-electron chi connectivity index (χ1n) is 4.30. The fourth-order valence-corrected chi connectivity index (χ4v) is 1.53. The highest BCUT2D eigenvalue weighted by atomic mass is 79.9. The van der Waals surface area contributed by atoms with E-state index >= 15 is 0 Å². The van der Waals surface area contributed by atoms with Gasteiger partial charge in [-0.3, -0.25) is 4.79 Å². The molecule has 2 nitrogen and oxygen atoms in total. The molecule has 0 atom stereocenters. The molecule has 1 aromatic rings. The highest BCUT2D eigenvalue weighted by Crippen LogP contribution is 2.31. The van der Waals surface area contributed by atoms with E-state index in [-0.39, 0.29) is 28.2 Å². The molecule has 0 saturated heterocycles. The van der Waals surface area contributed by atoms with Gasteiger partial charge in [0.15, 0.2) is 17.3 Å². The molecule has 0 spiro atoms. The van der Waals surface area contributed by atoms with Gasteiger partial charge in [-0.25, -0.2) is 4.39 Å². The molecule has 0 bridgehead atoms. The van der Waals surface area contributed by atoms with Crippen molar-refractivity contribution in [2.45, 2.75) is 13.8 Å². The third-order valence-electron chi connectivity index (χ3n) is 1.79. The average molecular weight is 279 g/mol. The Balaban J connectivity index is 3.43. The van der Waals surface area contributed by atoms with Crippen molar-refractivity contribution >= 4 is 21.7 Å². The number of hydrogen-bond acceptors (Lipinski definition) is 2. The zero-order chi connectivity index (χ0) is 11.6. The van der Waals surface area contributed by atoms with E-state index in [1.807, 2.05) is 0 Å². The molecule has 0 N–H and O–H groups in total. The molecule has 0 fully saturated rings. The van der Waals surface area contributed by atoms with Gasteiger partial charge in [-0.1, -0.05) is 0 Å². The van der Waals surface area contributed by atoms with E-state index in [1.54, 1.807) is 6.92 Å². The van der Waals surface area contributed by atoms with Crippen molar-refractivity contribution in [1.29, 1.82) is 0 Å². The molecular formula is C10H9BrF2O2. The van der Waals surface area contributed by atoms with E-state index in [0.717, 1.165) is 0 Å². The van der Waals surface area contributed by atoms with Gasteiger partial charge < -0.3 is 4.74 Å². The van der Waals surface area contributed by atoms with Crippen molar-refractivity contribution in [3.05, 3.63) is 27.7 Å². The number of Topliss-reactive ketones (excluding diaryl/α,β-unsaturated/α-hetero) is 1. The topological polar surface area (TPSA) is 26.3 Å². The SMILES string of the molecule is CCOc1c(C(C)=O)cc(Br)c(F)c1F. The zero-order valence-electron chi connectivity index (χ0n) is 8.23. The van der Waals surface area contributed by atoms with E-state index in [2.05, 4.69) is 15.9 Å².